The van der Waals surface area contributed by atoms with Crippen molar-refractivity contribution in [1.82, 2.24) is 4.98 Å². The fourth-order valence-electron chi connectivity index (χ4n) is 0.579. The standard InChI is InChI=1S/C5H4N2O4S.Na/c8-7(9)4-1-2-5(6-3-4)12(10)11;/h1-3H,(H,10,11);/q;+1/p-1. The molecule has 0 fully saturated rings. The first-order chi connectivity index (χ1) is 5.61. The molecule has 0 N–H and O–H groups in total. The minimum atomic E-state index is -2.43. The smallest absolute Gasteiger partial charge is 0.767 e. The van der Waals surface area contributed by atoms with Crippen molar-refractivity contribution < 1.29 is 43.2 Å². The number of aromatic nitrogens is 1. The predicted molar refractivity (Wildman–Crippen MR) is 38.1 cm³/mol. The number of hydrogen-bond acceptors (Lipinski definition) is 5. The quantitative estimate of drug-likeness (QED) is 0.228. The first-order valence-electron chi connectivity index (χ1n) is 2.81. The van der Waals surface area contributed by atoms with Gasteiger partial charge in [0.1, 0.15) is 11.2 Å². The van der Waals surface area contributed by atoms with Gasteiger partial charge in [-0.05, 0) is 17.1 Å². The number of rotatable bonds is 2. The first-order valence-corrected chi connectivity index (χ1v) is 3.88. The van der Waals surface area contributed by atoms with E-state index < -0.39 is 16.0 Å². The normalized spacial score (nSPS) is 11.5. The van der Waals surface area contributed by atoms with Crippen LogP contribution in [0, 0.1) is 10.1 Å². The zero-order valence-electron chi connectivity index (χ0n) is 6.67. The van der Waals surface area contributed by atoms with Crippen molar-refractivity contribution in [3.63, 3.8) is 0 Å². The Morgan fingerprint density at radius 3 is 2.38 bits per heavy atom. The van der Waals surface area contributed by atoms with E-state index in [1.165, 1.54) is 0 Å². The van der Waals surface area contributed by atoms with Gasteiger partial charge in [-0.3, -0.25) is 14.3 Å². The largest absolute Gasteiger partial charge is 1.00 e. The summed E-state index contributed by atoms with van der Waals surface area (Å²) in [7, 11) is 0. The summed E-state index contributed by atoms with van der Waals surface area (Å²) in [5.74, 6) is 0. The molecule has 0 aromatic carbocycles. The van der Waals surface area contributed by atoms with Gasteiger partial charge in [0, 0.05) is 6.07 Å². The fourth-order valence-corrected chi connectivity index (χ4v) is 0.897. The summed E-state index contributed by atoms with van der Waals surface area (Å²) in [5, 5.41) is 9.89. The van der Waals surface area contributed by atoms with Crippen LogP contribution in [0.5, 0.6) is 0 Å². The number of pyridine rings is 1. The molecule has 1 rings (SSSR count). The van der Waals surface area contributed by atoms with E-state index in [0.29, 0.717) is 0 Å². The van der Waals surface area contributed by atoms with Gasteiger partial charge >= 0.3 is 29.6 Å². The van der Waals surface area contributed by atoms with Gasteiger partial charge in [0.2, 0.25) is 0 Å². The summed E-state index contributed by atoms with van der Waals surface area (Å²) < 4.78 is 20.5. The van der Waals surface area contributed by atoms with Gasteiger partial charge in [0.15, 0.2) is 0 Å². The Labute approximate surface area is 98.1 Å². The second kappa shape index (κ2) is 5.40. The van der Waals surface area contributed by atoms with Crippen LogP contribution in [0.1, 0.15) is 0 Å². The Balaban J connectivity index is 0.00000144. The van der Waals surface area contributed by atoms with Gasteiger partial charge in [-0.25, -0.2) is 4.98 Å². The van der Waals surface area contributed by atoms with Crippen molar-refractivity contribution in [2.45, 2.75) is 5.03 Å². The van der Waals surface area contributed by atoms with Crippen LogP contribution < -0.4 is 29.6 Å². The summed E-state index contributed by atoms with van der Waals surface area (Å²) in [6, 6.07) is 2.15. The zero-order valence-corrected chi connectivity index (χ0v) is 9.48. The molecule has 0 bridgehead atoms. The third kappa shape index (κ3) is 3.49. The molecule has 64 valence electrons. The summed E-state index contributed by atoms with van der Waals surface area (Å²) in [6.45, 7) is 0. The van der Waals surface area contributed by atoms with Crippen LogP contribution in [0.2, 0.25) is 0 Å². The maximum atomic E-state index is 10.2. The summed E-state index contributed by atoms with van der Waals surface area (Å²) in [6.07, 6.45) is 0.894. The third-order valence-corrected chi connectivity index (χ3v) is 1.69. The molecule has 1 aromatic rings. The second-order valence-corrected chi connectivity index (χ2v) is 2.73. The van der Waals surface area contributed by atoms with E-state index in [1.807, 2.05) is 0 Å². The van der Waals surface area contributed by atoms with Crippen LogP contribution in [0.15, 0.2) is 23.4 Å². The summed E-state index contributed by atoms with van der Waals surface area (Å²) >= 11 is -2.43. The fraction of sp³-hybridized carbons (Fsp3) is 0. The molecule has 1 atom stereocenters. The minimum Gasteiger partial charge on any atom is -0.767 e. The molecule has 1 aromatic heterocycles. The Bertz CT molecular complexity index is 295. The minimum absolute atomic E-state index is 0. The molecule has 0 aliphatic carbocycles. The van der Waals surface area contributed by atoms with E-state index in [0.717, 1.165) is 18.3 Å². The molecule has 0 aliphatic rings. The van der Waals surface area contributed by atoms with Gasteiger partial charge in [0.05, 0.1) is 4.92 Å². The van der Waals surface area contributed by atoms with Crippen molar-refractivity contribution in [3.05, 3.63) is 28.4 Å². The van der Waals surface area contributed by atoms with Crippen LogP contribution in [0.4, 0.5) is 5.69 Å². The Morgan fingerprint density at radius 2 is 2.08 bits per heavy atom. The van der Waals surface area contributed by atoms with Crippen LogP contribution >= 0.6 is 0 Å². The molecular formula is C5H3N2NaO4S. The topological polar surface area (TPSA) is 96.2 Å². The third-order valence-electron chi connectivity index (χ3n) is 1.10. The first kappa shape index (κ1) is 12.7. The number of nitrogens with zero attached hydrogens (tertiary/aromatic N) is 2. The molecule has 0 saturated carbocycles. The van der Waals surface area contributed by atoms with Crippen LogP contribution in [-0.4, -0.2) is 18.7 Å². The van der Waals surface area contributed by atoms with Crippen molar-refractivity contribution in [2.24, 2.45) is 0 Å². The van der Waals surface area contributed by atoms with E-state index in [9.17, 15) is 18.9 Å². The molecule has 1 heterocycles. The number of hydrogen-bond donors (Lipinski definition) is 0. The molecule has 0 amide bonds. The maximum Gasteiger partial charge on any atom is 1.00 e. The molecular weight excluding hydrogens is 207 g/mol. The predicted octanol–water partition coefficient (Wildman–Crippen LogP) is -2.77. The molecule has 0 radical (unpaired) electrons. The van der Waals surface area contributed by atoms with E-state index in [2.05, 4.69) is 4.98 Å². The van der Waals surface area contributed by atoms with Gasteiger partial charge in [0.25, 0.3) is 5.69 Å². The molecule has 0 saturated heterocycles. The van der Waals surface area contributed by atoms with Crippen molar-refractivity contribution in [1.29, 1.82) is 0 Å². The van der Waals surface area contributed by atoms with Gasteiger partial charge in [-0.15, -0.1) is 0 Å². The van der Waals surface area contributed by atoms with Crippen LogP contribution in [-0.2, 0) is 11.1 Å². The Hall–Kier alpha value is -0.340. The van der Waals surface area contributed by atoms with Gasteiger partial charge < -0.3 is 4.55 Å². The molecule has 13 heavy (non-hydrogen) atoms. The molecule has 0 spiro atoms. The molecule has 1 unspecified atom stereocenters. The van der Waals surface area contributed by atoms with Crippen LogP contribution in [0.25, 0.3) is 0 Å². The van der Waals surface area contributed by atoms with Crippen molar-refractivity contribution >= 4 is 16.8 Å². The Kier molecular flexibility index (Phi) is 5.26. The average molecular weight is 210 g/mol. The van der Waals surface area contributed by atoms with Crippen molar-refractivity contribution in [3.8, 4) is 0 Å². The van der Waals surface area contributed by atoms with Crippen molar-refractivity contribution in [2.75, 3.05) is 0 Å². The molecule has 0 aliphatic heterocycles. The van der Waals surface area contributed by atoms with E-state index in [-0.39, 0.29) is 40.3 Å². The molecule has 6 nitrogen and oxygen atoms in total. The Morgan fingerprint density at radius 1 is 1.46 bits per heavy atom. The summed E-state index contributed by atoms with van der Waals surface area (Å²) in [4.78, 5) is 12.8. The SMILES string of the molecule is O=[N+]([O-])c1ccc(S(=O)[O-])nc1.[Na+]. The molecule has 8 heteroatoms. The maximum absolute atomic E-state index is 10.2. The van der Waals surface area contributed by atoms with E-state index >= 15 is 0 Å². The van der Waals surface area contributed by atoms with E-state index in [1.54, 1.807) is 0 Å². The zero-order chi connectivity index (χ0) is 9.14. The second-order valence-electron chi connectivity index (χ2n) is 1.85. The van der Waals surface area contributed by atoms with Gasteiger partial charge in [-0.2, -0.15) is 0 Å². The monoisotopic (exact) mass is 210 g/mol. The number of nitro groups is 1. The summed E-state index contributed by atoms with van der Waals surface area (Å²) in [5.41, 5.74) is -0.232. The van der Waals surface area contributed by atoms with Crippen LogP contribution in [0.3, 0.4) is 0 Å². The van der Waals surface area contributed by atoms with E-state index in [4.69, 9.17) is 0 Å². The average Bonchev–Trinajstić information content (AvgIpc) is 2.04. The van der Waals surface area contributed by atoms with Gasteiger partial charge in [-0.1, -0.05) is 0 Å².